The van der Waals surface area contributed by atoms with Crippen LogP contribution >= 0.6 is 11.6 Å². The van der Waals surface area contributed by atoms with Gasteiger partial charge in [0.2, 0.25) is 0 Å². The second-order valence-electron chi connectivity index (χ2n) is 6.37. The van der Waals surface area contributed by atoms with Crippen molar-refractivity contribution in [2.45, 2.75) is 26.5 Å². The van der Waals surface area contributed by atoms with Crippen molar-refractivity contribution in [1.82, 2.24) is 0 Å². The van der Waals surface area contributed by atoms with E-state index >= 15 is 0 Å². The molecule has 28 heavy (non-hydrogen) atoms. The van der Waals surface area contributed by atoms with Crippen LogP contribution < -0.4 is 10.1 Å². The molecule has 0 radical (unpaired) electrons. The van der Waals surface area contributed by atoms with Gasteiger partial charge < -0.3 is 10.1 Å². The van der Waals surface area contributed by atoms with Crippen LogP contribution in [0.3, 0.4) is 0 Å². The molecule has 3 rings (SSSR count). The molecule has 0 saturated carbocycles. The van der Waals surface area contributed by atoms with Crippen LogP contribution in [0.5, 0.6) is 5.75 Å². The minimum atomic E-state index is -0.416. The van der Waals surface area contributed by atoms with Crippen LogP contribution in [-0.2, 0) is 19.6 Å². The summed E-state index contributed by atoms with van der Waals surface area (Å²) in [4.78, 5) is 10.3. The number of hydrogen-bond acceptors (Lipinski definition) is 4. The fourth-order valence-corrected chi connectivity index (χ4v) is 2.95. The molecule has 6 heteroatoms. The third-order valence-electron chi connectivity index (χ3n) is 4.41. The summed E-state index contributed by atoms with van der Waals surface area (Å²) in [5.74, 6) is 0.723. The molecule has 0 fully saturated rings. The van der Waals surface area contributed by atoms with Gasteiger partial charge in [0.15, 0.2) is 0 Å². The molecule has 0 amide bonds. The molecule has 0 aromatic heterocycles. The van der Waals surface area contributed by atoms with E-state index in [1.165, 1.54) is 17.7 Å². The van der Waals surface area contributed by atoms with Gasteiger partial charge in [0.1, 0.15) is 12.4 Å². The third-order valence-corrected chi connectivity index (χ3v) is 4.64. The lowest BCUT2D eigenvalue weighted by atomic mass is 10.1. The van der Waals surface area contributed by atoms with E-state index in [2.05, 4.69) is 36.5 Å². The van der Waals surface area contributed by atoms with Gasteiger partial charge in [-0.2, -0.15) is 0 Å². The van der Waals surface area contributed by atoms with Crippen molar-refractivity contribution in [3.05, 3.63) is 98.6 Å². The molecule has 0 saturated heterocycles. The van der Waals surface area contributed by atoms with Crippen molar-refractivity contribution >= 4 is 23.0 Å². The Morgan fingerprint density at radius 1 is 1.00 bits per heavy atom. The molecule has 144 valence electrons. The molecule has 0 heterocycles. The SMILES string of the molecule is CCc1ccc(NCc2cc(Cl)ccc2OCc2ccc([N+](=O)[O-])cc2)cc1. The first-order valence-corrected chi connectivity index (χ1v) is 9.40. The Hall–Kier alpha value is -3.05. The summed E-state index contributed by atoms with van der Waals surface area (Å²) < 4.78 is 5.93. The molecule has 0 atom stereocenters. The van der Waals surface area contributed by atoms with Gasteiger partial charge in [0, 0.05) is 35.0 Å². The molecule has 5 nitrogen and oxygen atoms in total. The van der Waals surface area contributed by atoms with Gasteiger partial charge in [-0.1, -0.05) is 30.7 Å². The summed E-state index contributed by atoms with van der Waals surface area (Å²) in [5.41, 5.74) is 4.18. The maximum absolute atomic E-state index is 10.7. The minimum Gasteiger partial charge on any atom is -0.489 e. The number of anilines is 1. The number of nitro groups is 1. The Morgan fingerprint density at radius 3 is 2.32 bits per heavy atom. The zero-order chi connectivity index (χ0) is 19.9. The van der Waals surface area contributed by atoms with Crippen LogP contribution in [0.25, 0.3) is 0 Å². The molecule has 1 N–H and O–H groups in total. The van der Waals surface area contributed by atoms with E-state index in [4.69, 9.17) is 16.3 Å². The third kappa shape index (κ3) is 5.24. The number of hydrogen-bond donors (Lipinski definition) is 1. The number of nitro benzene ring substituents is 1. The zero-order valence-corrected chi connectivity index (χ0v) is 16.3. The number of aryl methyl sites for hydroxylation is 1. The van der Waals surface area contributed by atoms with Gasteiger partial charge in [-0.05, 0) is 60.0 Å². The Morgan fingerprint density at radius 2 is 1.68 bits per heavy atom. The van der Waals surface area contributed by atoms with E-state index in [0.29, 0.717) is 18.2 Å². The number of non-ortho nitro benzene ring substituents is 1. The van der Waals surface area contributed by atoms with Crippen LogP contribution in [0.4, 0.5) is 11.4 Å². The molecule has 0 bridgehead atoms. The standard InChI is InChI=1S/C22H21ClN2O3/c1-2-16-3-8-20(9-4-16)24-14-18-13-19(23)7-12-22(18)28-15-17-5-10-21(11-6-17)25(26)27/h3-13,24H,2,14-15H2,1H3. The Labute approximate surface area is 169 Å². The van der Waals surface area contributed by atoms with Crippen LogP contribution in [0.1, 0.15) is 23.6 Å². The maximum Gasteiger partial charge on any atom is 0.269 e. The summed E-state index contributed by atoms with van der Waals surface area (Å²) in [5, 5.41) is 14.8. The first kappa shape index (κ1) is 19.7. The molecular weight excluding hydrogens is 376 g/mol. The Bertz CT molecular complexity index is 941. The van der Waals surface area contributed by atoms with Crippen molar-refractivity contribution in [3.8, 4) is 5.75 Å². The quantitative estimate of drug-likeness (QED) is 0.374. The first-order valence-electron chi connectivity index (χ1n) is 9.02. The number of rotatable bonds is 8. The average Bonchev–Trinajstić information content (AvgIpc) is 2.72. The zero-order valence-electron chi connectivity index (χ0n) is 15.5. The fourth-order valence-electron chi connectivity index (χ4n) is 2.76. The van der Waals surface area contributed by atoms with Crippen LogP contribution in [0, 0.1) is 10.1 Å². The summed E-state index contributed by atoms with van der Waals surface area (Å²) >= 11 is 6.16. The average molecular weight is 397 g/mol. The maximum atomic E-state index is 10.7. The van der Waals surface area contributed by atoms with E-state index < -0.39 is 4.92 Å². The molecule has 0 spiro atoms. The number of nitrogens with one attached hydrogen (secondary N) is 1. The van der Waals surface area contributed by atoms with Gasteiger partial charge in [-0.25, -0.2) is 0 Å². The van der Waals surface area contributed by atoms with Crippen molar-refractivity contribution in [1.29, 1.82) is 0 Å². The van der Waals surface area contributed by atoms with E-state index in [1.807, 2.05) is 12.1 Å². The smallest absolute Gasteiger partial charge is 0.269 e. The second-order valence-corrected chi connectivity index (χ2v) is 6.80. The van der Waals surface area contributed by atoms with Crippen LogP contribution in [0.2, 0.25) is 5.02 Å². The second kappa shape index (κ2) is 9.24. The minimum absolute atomic E-state index is 0.0641. The highest BCUT2D eigenvalue weighted by atomic mass is 35.5. The van der Waals surface area contributed by atoms with E-state index in [9.17, 15) is 10.1 Å². The Balaban J connectivity index is 1.66. The molecular formula is C22H21ClN2O3. The highest BCUT2D eigenvalue weighted by molar-refractivity contribution is 6.30. The molecule has 0 aliphatic heterocycles. The monoisotopic (exact) mass is 396 g/mol. The van der Waals surface area contributed by atoms with E-state index in [0.717, 1.165) is 29.0 Å². The highest BCUT2D eigenvalue weighted by Crippen LogP contribution is 2.25. The fraction of sp³-hybridized carbons (Fsp3) is 0.182. The number of benzene rings is 3. The topological polar surface area (TPSA) is 64.4 Å². The van der Waals surface area contributed by atoms with Crippen LogP contribution in [-0.4, -0.2) is 4.92 Å². The summed E-state index contributed by atoms with van der Waals surface area (Å²) in [6, 6.07) is 20.2. The molecule has 3 aromatic rings. The van der Waals surface area contributed by atoms with E-state index in [-0.39, 0.29) is 5.69 Å². The van der Waals surface area contributed by atoms with Gasteiger partial charge in [0.05, 0.1) is 4.92 Å². The van der Waals surface area contributed by atoms with Crippen LogP contribution in [0.15, 0.2) is 66.7 Å². The lowest BCUT2D eigenvalue weighted by Crippen LogP contribution is -2.04. The Kier molecular flexibility index (Phi) is 6.50. The first-order chi connectivity index (χ1) is 13.5. The highest BCUT2D eigenvalue weighted by Gasteiger charge is 2.08. The molecule has 0 aliphatic rings. The van der Waals surface area contributed by atoms with Gasteiger partial charge >= 0.3 is 0 Å². The lowest BCUT2D eigenvalue weighted by Gasteiger charge is -2.14. The lowest BCUT2D eigenvalue weighted by molar-refractivity contribution is -0.384. The van der Waals surface area contributed by atoms with Gasteiger partial charge in [-0.3, -0.25) is 10.1 Å². The van der Waals surface area contributed by atoms with Gasteiger partial charge in [-0.15, -0.1) is 0 Å². The van der Waals surface area contributed by atoms with Gasteiger partial charge in [0.25, 0.3) is 5.69 Å². The normalized spacial score (nSPS) is 10.5. The largest absolute Gasteiger partial charge is 0.489 e. The predicted molar refractivity (Wildman–Crippen MR) is 112 cm³/mol. The summed E-state index contributed by atoms with van der Waals surface area (Å²) in [6.45, 7) is 3.02. The van der Waals surface area contributed by atoms with E-state index in [1.54, 1.807) is 18.2 Å². The predicted octanol–water partition coefficient (Wildman–Crippen LogP) is 6.00. The van der Waals surface area contributed by atoms with Crippen molar-refractivity contribution in [2.24, 2.45) is 0 Å². The van der Waals surface area contributed by atoms with Crippen molar-refractivity contribution in [2.75, 3.05) is 5.32 Å². The van der Waals surface area contributed by atoms with Crippen molar-refractivity contribution in [3.63, 3.8) is 0 Å². The summed E-state index contributed by atoms with van der Waals surface area (Å²) in [7, 11) is 0. The molecule has 0 aliphatic carbocycles. The molecule has 0 unspecified atom stereocenters. The number of ether oxygens (including phenoxy) is 1. The number of halogens is 1. The summed E-state index contributed by atoms with van der Waals surface area (Å²) in [6.07, 6.45) is 1.01. The van der Waals surface area contributed by atoms with Crippen molar-refractivity contribution < 1.29 is 9.66 Å². The molecule has 3 aromatic carbocycles. The number of nitrogens with zero attached hydrogens (tertiary/aromatic N) is 1.